The molecule has 1 aromatic heterocycles. The van der Waals surface area contributed by atoms with E-state index in [4.69, 9.17) is 21.1 Å². The van der Waals surface area contributed by atoms with Gasteiger partial charge in [0.25, 0.3) is 5.89 Å². The lowest BCUT2D eigenvalue weighted by Crippen LogP contribution is -2.46. The summed E-state index contributed by atoms with van der Waals surface area (Å²) in [5.41, 5.74) is 6.16. The van der Waals surface area contributed by atoms with Crippen molar-refractivity contribution in [3.63, 3.8) is 0 Å². The Morgan fingerprint density at radius 3 is 2.60 bits per heavy atom. The van der Waals surface area contributed by atoms with E-state index in [1.807, 2.05) is 80.6 Å². The minimum absolute atomic E-state index is 0.233. The monoisotopic (exact) mass is 484 g/mol. The van der Waals surface area contributed by atoms with Crippen LogP contribution in [0, 0.1) is 6.92 Å². The third-order valence-corrected chi connectivity index (χ3v) is 6.41. The number of carbonyl (C=O) groups is 1. The van der Waals surface area contributed by atoms with Gasteiger partial charge in [-0.05, 0) is 61.7 Å². The average Bonchev–Trinajstić information content (AvgIpc) is 3.34. The number of aryl methyl sites for hydroxylation is 2. The molecule has 1 unspecified atom stereocenters. The average molecular weight is 485 g/mol. The van der Waals surface area contributed by atoms with Crippen molar-refractivity contribution >= 4 is 28.9 Å². The molecule has 176 valence electrons. The number of hydrogen-bond donors (Lipinski definition) is 1. The number of carbonyl (C=O) groups excluding carboxylic acids is 1. The molecule has 1 atom stereocenters. The molecule has 5 rings (SSSR count). The summed E-state index contributed by atoms with van der Waals surface area (Å²) in [6.45, 7) is 6.01. The number of benzene rings is 3. The van der Waals surface area contributed by atoms with E-state index in [9.17, 15) is 4.79 Å². The molecule has 0 saturated carbocycles. The lowest BCUT2D eigenvalue weighted by atomic mass is 9.94. The highest BCUT2D eigenvalue weighted by Gasteiger charge is 2.36. The Labute approximate surface area is 209 Å². The van der Waals surface area contributed by atoms with Crippen molar-refractivity contribution in [1.29, 1.82) is 0 Å². The summed E-state index contributed by atoms with van der Waals surface area (Å²) in [6, 6.07) is 22.6. The third-order valence-electron chi connectivity index (χ3n) is 6.18. The largest absolute Gasteiger partial charge is 0.334 e. The van der Waals surface area contributed by atoms with Gasteiger partial charge in [0.05, 0.1) is 17.3 Å². The predicted molar refractivity (Wildman–Crippen MR) is 138 cm³/mol. The highest BCUT2D eigenvalue weighted by atomic mass is 35.5. The fraction of sp³-hybridized carbons (Fsp3) is 0.179. The van der Waals surface area contributed by atoms with E-state index in [0.717, 1.165) is 39.9 Å². The smallest absolute Gasteiger partial charge is 0.326 e. The second kappa shape index (κ2) is 9.39. The number of halogens is 1. The van der Waals surface area contributed by atoms with Crippen LogP contribution in [0.2, 0.25) is 5.02 Å². The molecular formula is C28H25ClN4O2. The highest BCUT2D eigenvalue weighted by molar-refractivity contribution is 6.30. The molecule has 0 fully saturated rings. The maximum absolute atomic E-state index is 13.4. The summed E-state index contributed by atoms with van der Waals surface area (Å²) < 4.78 is 5.79. The predicted octanol–water partition coefficient (Wildman–Crippen LogP) is 6.96. The second-order valence-corrected chi connectivity index (χ2v) is 9.02. The normalized spacial score (nSPS) is 15.9. The molecule has 1 N–H and O–H groups in total. The summed E-state index contributed by atoms with van der Waals surface area (Å²) in [5, 5.41) is 7.96. The van der Waals surface area contributed by atoms with E-state index in [1.165, 1.54) is 0 Å². The maximum atomic E-state index is 13.4. The zero-order valence-electron chi connectivity index (χ0n) is 19.7. The number of rotatable bonds is 5. The molecule has 0 aliphatic carbocycles. The van der Waals surface area contributed by atoms with Crippen LogP contribution in [-0.4, -0.2) is 16.2 Å². The van der Waals surface area contributed by atoms with Gasteiger partial charge in [-0.3, -0.25) is 4.90 Å². The fourth-order valence-electron chi connectivity index (χ4n) is 4.42. The van der Waals surface area contributed by atoms with Crippen molar-refractivity contribution in [2.75, 3.05) is 4.90 Å². The molecule has 1 aliphatic heterocycles. The van der Waals surface area contributed by atoms with E-state index in [-0.39, 0.29) is 6.03 Å². The molecule has 2 heterocycles. The van der Waals surface area contributed by atoms with Gasteiger partial charge >= 0.3 is 6.03 Å². The fourth-order valence-corrected chi connectivity index (χ4v) is 4.62. The molecule has 4 aromatic rings. The lowest BCUT2D eigenvalue weighted by molar-refractivity contribution is 0.244. The van der Waals surface area contributed by atoms with Crippen molar-refractivity contribution in [3.8, 4) is 11.4 Å². The number of amides is 2. The van der Waals surface area contributed by atoms with Gasteiger partial charge in [-0.2, -0.15) is 4.98 Å². The molecular weight excluding hydrogens is 460 g/mol. The molecule has 6 nitrogen and oxygen atoms in total. The third kappa shape index (κ3) is 4.45. The zero-order chi connectivity index (χ0) is 24.5. The van der Waals surface area contributed by atoms with Crippen molar-refractivity contribution in [1.82, 2.24) is 15.5 Å². The SMILES string of the molecule is CCc1cccc(N2C(=O)NC(c3cccc(Cl)c3)C(c3nc(-c4cccc(C)c4)no3)=C2C)c1. The standard InChI is InChI=1S/C28H25ClN4O2/c1-4-19-9-6-13-23(15-19)33-18(3)24(25(30-28(33)34)20-10-7-12-22(29)16-20)27-31-26(32-35-27)21-11-5-8-17(2)14-21/h5-16,25H,4H2,1-3H3,(H,30,34). The number of hydrogen-bond acceptors (Lipinski definition) is 4. The second-order valence-electron chi connectivity index (χ2n) is 8.59. The minimum Gasteiger partial charge on any atom is -0.334 e. The Morgan fingerprint density at radius 2 is 1.83 bits per heavy atom. The first kappa shape index (κ1) is 22.9. The van der Waals surface area contributed by atoms with E-state index in [2.05, 4.69) is 17.4 Å². The lowest BCUT2D eigenvalue weighted by Gasteiger charge is -2.35. The highest BCUT2D eigenvalue weighted by Crippen LogP contribution is 2.39. The Kier molecular flexibility index (Phi) is 6.14. The van der Waals surface area contributed by atoms with Gasteiger partial charge in [-0.25, -0.2) is 4.79 Å². The summed E-state index contributed by atoms with van der Waals surface area (Å²) >= 11 is 6.30. The van der Waals surface area contributed by atoms with Crippen molar-refractivity contribution in [2.45, 2.75) is 33.2 Å². The minimum atomic E-state index is -0.502. The molecule has 35 heavy (non-hydrogen) atoms. The van der Waals surface area contributed by atoms with E-state index >= 15 is 0 Å². The zero-order valence-corrected chi connectivity index (χ0v) is 20.5. The maximum Gasteiger partial charge on any atom is 0.326 e. The molecule has 1 aliphatic rings. The molecule has 0 bridgehead atoms. The Balaban J connectivity index is 1.67. The van der Waals surface area contributed by atoms with Crippen LogP contribution in [0.4, 0.5) is 10.5 Å². The van der Waals surface area contributed by atoms with Gasteiger partial charge in [-0.1, -0.05) is 71.7 Å². The van der Waals surface area contributed by atoms with Gasteiger partial charge in [0, 0.05) is 16.3 Å². The van der Waals surface area contributed by atoms with Crippen LogP contribution in [-0.2, 0) is 6.42 Å². The van der Waals surface area contributed by atoms with Gasteiger partial charge in [0.2, 0.25) is 5.82 Å². The van der Waals surface area contributed by atoms with Crippen LogP contribution < -0.4 is 10.2 Å². The molecule has 0 radical (unpaired) electrons. The first-order valence-electron chi connectivity index (χ1n) is 11.5. The van der Waals surface area contributed by atoms with Gasteiger partial charge in [0.1, 0.15) is 0 Å². The van der Waals surface area contributed by atoms with E-state index < -0.39 is 6.04 Å². The van der Waals surface area contributed by atoms with E-state index in [0.29, 0.717) is 22.4 Å². The number of urea groups is 1. The molecule has 0 saturated heterocycles. The Hall–Kier alpha value is -3.90. The van der Waals surface area contributed by atoms with Crippen LogP contribution in [0.5, 0.6) is 0 Å². The van der Waals surface area contributed by atoms with Gasteiger partial charge in [-0.15, -0.1) is 0 Å². The number of anilines is 1. The summed E-state index contributed by atoms with van der Waals surface area (Å²) in [7, 11) is 0. The number of nitrogens with zero attached hydrogens (tertiary/aromatic N) is 3. The Morgan fingerprint density at radius 1 is 1.03 bits per heavy atom. The van der Waals surface area contributed by atoms with Crippen molar-refractivity contribution in [2.24, 2.45) is 0 Å². The van der Waals surface area contributed by atoms with Crippen molar-refractivity contribution < 1.29 is 9.32 Å². The Bertz CT molecular complexity index is 1440. The van der Waals surface area contributed by atoms with Crippen LogP contribution in [0.1, 0.15) is 42.5 Å². The first-order valence-corrected chi connectivity index (χ1v) is 11.9. The molecule has 2 amide bonds. The van der Waals surface area contributed by atoms with Crippen LogP contribution in [0.25, 0.3) is 17.0 Å². The van der Waals surface area contributed by atoms with E-state index in [1.54, 1.807) is 11.0 Å². The number of allylic oxidation sites excluding steroid dienone is 1. The topological polar surface area (TPSA) is 71.3 Å². The van der Waals surface area contributed by atoms with Crippen LogP contribution >= 0.6 is 11.6 Å². The summed E-state index contributed by atoms with van der Waals surface area (Å²) in [6.07, 6.45) is 0.869. The van der Waals surface area contributed by atoms with Crippen molar-refractivity contribution in [3.05, 3.63) is 106 Å². The number of aromatic nitrogens is 2. The van der Waals surface area contributed by atoms with Crippen LogP contribution in [0.3, 0.4) is 0 Å². The van der Waals surface area contributed by atoms with Crippen LogP contribution in [0.15, 0.2) is 83.0 Å². The van der Waals surface area contributed by atoms with Gasteiger partial charge < -0.3 is 9.84 Å². The first-order chi connectivity index (χ1) is 16.9. The summed E-state index contributed by atoms with van der Waals surface area (Å²) in [5.74, 6) is 0.839. The molecule has 7 heteroatoms. The molecule has 0 spiro atoms. The molecule has 3 aromatic carbocycles. The number of nitrogens with one attached hydrogen (secondary N) is 1. The van der Waals surface area contributed by atoms with Gasteiger partial charge in [0.15, 0.2) is 0 Å². The summed E-state index contributed by atoms with van der Waals surface area (Å²) in [4.78, 5) is 19.8. The quantitative estimate of drug-likeness (QED) is 0.332.